The molecule has 0 saturated heterocycles. The van der Waals surface area contributed by atoms with E-state index in [1.807, 2.05) is 44.2 Å². The number of anilines is 1. The summed E-state index contributed by atoms with van der Waals surface area (Å²) in [6.45, 7) is 3.65. The highest BCUT2D eigenvalue weighted by Crippen LogP contribution is 2.30. The lowest BCUT2D eigenvalue weighted by Crippen LogP contribution is -2.27. The van der Waals surface area contributed by atoms with Crippen molar-refractivity contribution < 1.29 is 23.8 Å². The van der Waals surface area contributed by atoms with Crippen LogP contribution >= 0.6 is 0 Å². The van der Waals surface area contributed by atoms with Gasteiger partial charge in [0, 0.05) is 6.07 Å². The van der Waals surface area contributed by atoms with E-state index in [1.165, 1.54) is 14.2 Å². The van der Waals surface area contributed by atoms with E-state index in [9.17, 15) is 9.59 Å². The van der Waals surface area contributed by atoms with E-state index < -0.39 is 17.8 Å². The maximum absolute atomic E-state index is 12.7. The highest BCUT2D eigenvalue weighted by molar-refractivity contribution is 5.94. The summed E-state index contributed by atoms with van der Waals surface area (Å²) in [5.74, 6) is -0.109. The van der Waals surface area contributed by atoms with Crippen molar-refractivity contribution in [1.29, 1.82) is 0 Å². The first-order valence-corrected chi connectivity index (χ1v) is 9.23. The minimum atomic E-state index is -0.448. The van der Waals surface area contributed by atoms with Crippen LogP contribution in [0.2, 0.25) is 0 Å². The van der Waals surface area contributed by atoms with Crippen molar-refractivity contribution in [1.82, 2.24) is 0 Å². The van der Waals surface area contributed by atoms with Gasteiger partial charge >= 0.3 is 5.97 Å². The molecule has 0 aromatic heterocycles. The number of carbonyl (C=O) groups excluding carboxylic acids is 2. The number of carbonyl (C=O) groups is 2. The zero-order chi connectivity index (χ0) is 20.5. The number of benzene rings is 2. The van der Waals surface area contributed by atoms with Crippen LogP contribution in [0.4, 0.5) is 5.69 Å². The molecule has 2 aromatic rings. The van der Waals surface area contributed by atoms with Gasteiger partial charge in [0.2, 0.25) is 0 Å². The SMILES string of the molecule is CC[C@H](C)[C@@H](C(=O)OCC(=O)Nc1cc(OC)ccc1OC)c1ccccc1. The van der Waals surface area contributed by atoms with Crippen LogP contribution in [-0.4, -0.2) is 32.7 Å². The summed E-state index contributed by atoms with van der Waals surface area (Å²) in [5, 5.41) is 2.69. The molecule has 0 bridgehead atoms. The lowest BCUT2D eigenvalue weighted by atomic mass is 9.86. The molecule has 2 atom stereocenters. The highest BCUT2D eigenvalue weighted by atomic mass is 16.5. The molecule has 28 heavy (non-hydrogen) atoms. The maximum Gasteiger partial charge on any atom is 0.314 e. The molecule has 0 unspecified atom stereocenters. The minimum Gasteiger partial charge on any atom is -0.497 e. The molecule has 0 spiro atoms. The number of ether oxygens (including phenoxy) is 3. The molecule has 6 nitrogen and oxygen atoms in total. The number of nitrogens with one attached hydrogen (secondary N) is 1. The fraction of sp³-hybridized carbons (Fsp3) is 0.364. The third-order valence-electron chi connectivity index (χ3n) is 4.65. The average Bonchev–Trinajstić information content (AvgIpc) is 2.73. The molecule has 0 saturated carbocycles. The van der Waals surface area contributed by atoms with Gasteiger partial charge in [0.05, 0.1) is 25.8 Å². The number of amides is 1. The zero-order valence-electron chi connectivity index (χ0n) is 16.7. The Hall–Kier alpha value is -3.02. The van der Waals surface area contributed by atoms with Crippen molar-refractivity contribution in [2.45, 2.75) is 26.2 Å². The summed E-state index contributed by atoms with van der Waals surface area (Å²) in [7, 11) is 3.04. The van der Waals surface area contributed by atoms with Crippen LogP contribution in [0, 0.1) is 5.92 Å². The van der Waals surface area contributed by atoms with Gasteiger partial charge in [0.25, 0.3) is 5.91 Å². The zero-order valence-corrected chi connectivity index (χ0v) is 16.7. The molecule has 1 N–H and O–H groups in total. The van der Waals surface area contributed by atoms with Crippen molar-refractivity contribution in [3.63, 3.8) is 0 Å². The number of hydrogen-bond acceptors (Lipinski definition) is 5. The Morgan fingerprint density at radius 3 is 2.36 bits per heavy atom. The van der Waals surface area contributed by atoms with Crippen molar-refractivity contribution in [3.8, 4) is 11.5 Å². The van der Waals surface area contributed by atoms with Gasteiger partial charge in [-0.1, -0.05) is 50.6 Å². The van der Waals surface area contributed by atoms with Crippen LogP contribution in [-0.2, 0) is 14.3 Å². The Balaban J connectivity index is 2.04. The molecule has 0 aliphatic rings. The van der Waals surface area contributed by atoms with E-state index in [4.69, 9.17) is 14.2 Å². The monoisotopic (exact) mass is 385 g/mol. The fourth-order valence-corrected chi connectivity index (χ4v) is 2.92. The fourth-order valence-electron chi connectivity index (χ4n) is 2.92. The third-order valence-corrected chi connectivity index (χ3v) is 4.65. The topological polar surface area (TPSA) is 73.9 Å². The number of methoxy groups -OCH3 is 2. The lowest BCUT2D eigenvalue weighted by Gasteiger charge is -2.21. The van der Waals surface area contributed by atoms with Gasteiger partial charge in [-0.25, -0.2) is 0 Å². The smallest absolute Gasteiger partial charge is 0.314 e. The summed E-state index contributed by atoms with van der Waals surface area (Å²) >= 11 is 0. The number of esters is 1. The second-order valence-corrected chi connectivity index (χ2v) is 6.50. The molecule has 0 radical (unpaired) electrons. The Labute approximate surface area is 165 Å². The Morgan fingerprint density at radius 2 is 1.75 bits per heavy atom. The van der Waals surface area contributed by atoms with Crippen molar-refractivity contribution in [3.05, 3.63) is 54.1 Å². The third kappa shape index (κ3) is 5.49. The van der Waals surface area contributed by atoms with E-state index in [1.54, 1.807) is 18.2 Å². The van der Waals surface area contributed by atoms with Gasteiger partial charge in [-0.05, 0) is 23.6 Å². The second-order valence-electron chi connectivity index (χ2n) is 6.50. The molecule has 6 heteroatoms. The van der Waals surface area contributed by atoms with Crippen LogP contribution < -0.4 is 14.8 Å². The van der Waals surface area contributed by atoms with Gasteiger partial charge in [0.1, 0.15) is 11.5 Å². The lowest BCUT2D eigenvalue weighted by molar-refractivity contribution is -0.150. The van der Waals surface area contributed by atoms with E-state index in [0.29, 0.717) is 17.2 Å². The summed E-state index contributed by atoms with van der Waals surface area (Å²) in [6.07, 6.45) is 0.821. The summed E-state index contributed by atoms with van der Waals surface area (Å²) in [6, 6.07) is 14.5. The van der Waals surface area contributed by atoms with Gasteiger partial charge in [0.15, 0.2) is 6.61 Å². The van der Waals surface area contributed by atoms with Crippen LogP contribution in [0.15, 0.2) is 48.5 Å². The molecule has 0 fully saturated rings. The quantitative estimate of drug-likeness (QED) is 0.660. The van der Waals surface area contributed by atoms with Gasteiger partial charge in [-0.15, -0.1) is 0 Å². The van der Waals surface area contributed by atoms with E-state index >= 15 is 0 Å². The van der Waals surface area contributed by atoms with Gasteiger partial charge < -0.3 is 19.5 Å². The first-order chi connectivity index (χ1) is 13.5. The molecule has 0 aliphatic carbocycles. The molecule has 0 heterocycles. The molecule has 1 amide bonds. The Bertz CT molecular complexity index is 791. The molecule has 2 rings (SSSR count). The average molecular weight is 385 g/mol. The van der Waals surface area contributed by atoms with Crippen molar-refractivity contribution in [2.75, 3.05) is 26.1 Å². The minimum absolute atomic E-state index is 0.0939. The van der Waals surface area contributed by atoms with E-state index in [-0.39, 0.29) is 12.5 Å². The molecule has 2 aromatic carbocycles. The Kier molecular flexibility index (Phi) is 7.87. The first-order valence-electron chi connectivity index (χ1n) is 9.23. The molecular formula is C22H27NO5. The number of hydrogen-bond donors (Lipinski definition) is 1. The van der Waals surface area contributed by atoms with Crippen molar-refractivity contribution >= 4 is 17.6 Å². The van der Waals surface area contributed by atoms with Crippen LogP contribution in [0.1, 0.15) is 31.7 Å². The van der Waals surface area contributed by atoms with Crippen molar-refractivity contribution in [2.24, 2.45) is 5.92 Å². The van der Waals surface area contributed by atoms with Crippen LogP contribution in [0.25, 0.3) is 0 Å². The summed E-state index contributed by atoms with van der Waals surface area (Å²) < 4.78 is 15.7. The summed E-state index contributed by atoms with van der Waals surface area (Å²) in [4.78, 5) is 25.0. The standard InChI is InChI=1S/C22H27NO5/c1-5-15(2)21(16-9-7-6-8-10-16)22(25)28-14-20(24)23-18-13-17(26-3)11-12-19(18)27-4/h6-13,15,21H,5,14H2,1-4H3,(H,23,24)/t15-,21+/m0/s1. The largest absolute Gasteiger partial charge is 0.497 e. The van der Waals surface area contributed by atoms with Crippen LogP contribution in [0.5, 0.6) is 11.5 Å². The maximum atomic E-state index is 12.7. The predicted molar refractivity (Wildman–Crippen MR) is 108 cm³/mol. The van der Waals surface area contributed by atoms with E-state index in [2.05, 4.69) is 5.32 Å². The highest BCUT2D eigenvalue weighted by Gasteiger charge is 2.27. The van der Waals surface area contributed by atoms with Crippen LogP contribution in [0.3, 0.4) is 0 Å². The normalized spacial score (nSPS) is 12.6. The molecule has 0 aliphatic heterocycles. The predicted octanol–water partition coefficient (Wildman–Crippen LogP) is 4.02. The van der Waals surface area contributed by atoms with E-state index in [0.717, 1.165) is 12.0 Å². The number of rotatable bonds is 9. The van der Waals surface area contributed by atoms with Gasteiger partial charge in [-0.2, -0.15) is 0 Å². The first kappa shape index (κ1) is 21.3. The summed E-state index contributed by atoms with van der Waals surface area (Å²) in [5.41, 5.74) is 1.33. The molecular weight excluding hydrogens is 358 g/mol. The molecule has 150 valence electrons. The second kappa shape index (κ2) is 10.3. The Morgan fingerprint density at radius 1 is 1.04 bits per heavy atom. The van der Waals surface area contributed by atoms with Gasteiger partial charge in [-0.3, -0.25) is 9.59 Å².